The van der Waals surface area contributed by atoms with Crippen molar-refractivity contribution in [1.82, 2.24) is 14.8 Å². The lowest BCUT2D eigenvalue weighted by atomic mass is 10.0. The van der Waals surface area contributed by atoms with Crippen molar-refractivity contribution in [2.75, 3.05) is 13.7 Å². The van der Waals surface area contributed by atoms with Crippen LogP contribution in [0, 0.1) is 13.8 Å². The smallest absolute Gasteiger partial charge is 0.267 e. The predicted molar refractivity (Wildman–Crippen MR) is 111 cm³/mol. The van der Waals surface area contributed by atoms with Crippen molar-refractivity contribution in [1.29, 1.82) is 0 Å². The molecule has 5 nitrogen and oxygen atoms in total. The Morgan fingerprint density at radius 2 is 1.90 bits per heavy atom. The molecule has 2 aromatic heterocycles. The van der Waals surface area contributed by atoms with Crippen molar-refractivity contribution >= 4 is 0 Å². The molecule has 0 unspecified atom stereocenters. The molecule has 0 fully saturated rings. The number of rotatable bonds is 4. The highest BCUT2D eigenvalue weighted by molar-refractivity contribution is 5.66. The number of nitrogens with zero attached hydrogens (tertiary/aromatic N) is 3. The van der Waals surface area contributed by atoms with Crippen molar-refractivity contribution < 1.29 is 18.3 Å². The summed E-state index contributed by atoms with van der Waals surface area (Å²) in [5.41, 5.74) is 6.46. The van der Waals surface area contributed by atoms with Gasteiger partial charge in [-0.1, -0.05) is 0 Å². The molecule has 158 valence electrons. The zero-order valence-electron chi connectivity index (χ0n) is 17.6. The van der Waals surface area contributed by atoms with Crippen LogP contribution >= 0.6 is 0 Å². The molecule has 0 saturated heterocycles. The van der Waals surface area contributed by atoms with Crippen molar-refractivity contribution in [2.24, 2.45) is 0 Å². The Morgan fingerprint density at radius 1 is 1.17 bits per heavy atom. The van der Waals surface area contributed by atoms with E-state index in [0.717, 1.165) is 40.3 Å². The fourth-order valence-electron chi connectivity index (χ4n) is 4.08. The highest BCUT2D eigenvalue weighted by Gasteiger charge is 2.25. The lowest BCUT2D eigenvalue weighted by molar-refractivity contribution is 0.0735. The number of hydrogen-bond acceptors (Lipinski definition) is 4. The number of pyridine rings is 1. The van der Waals surface area contributed by atoms with E-state index >= 15 is 0 Å². The Labute approximate surface area is 174 Å². The van der Waals surface area contributed by atoms with Crippen molar-refractivity contribution in [3.8, 4) is 22.7 Å². The minimum atomic E-state index is -2.60. The Kier molecular flexibility index (Phi) is 5.56. The Balaban J connectivity index is 1.91. The number of ether oxygens (including phenoxy) is 2. The number of fused-ring (bicyclic) bond motifs is 1. The van der Waals surface area contributed by atoms with E-state index in [-0.39, 0.29) is 17.4 Å². The van der Waals surface area contributed by atoms with Gasteiger partial charge in [0.25, 0.3) is 6.43 Å². The number of methoxy groups -OCH3 is 1. The van der Waals surface area contributed by atoms with E-state index in [2.05, 4.69) is 4.98 Å². The fourth-order valence-corrected chi connectivity index (χ4v) is 4.08. The molecule has 30 heavy (non-hydrogen) atoms. The monoisotopic (exact) mass is 413 g/mol. The second-order valence-electron chi connectivity index (χ2n) is 7.69. The van der Waals surface area contributed by atoms with Crippen LogP contribution in [0.1, 0.15) is 41.6 Å². The molecule has 0 bridgehead atoms. The minimum absolute atomic E-state index is 0.0395. The van der Waals surface area contributed by atoms with E-state index in [1.807, 2.05) is 37.6 Å². The molecule has 3 heterocycles. The SMILES string of the molecule is COc1cc(-n2nc(-c3cc(C)nc(C)c3)c3c2C[C@@H](C)OCC3)ccc1C(F)F. The van der Waals surface area contributed by atoms with Gasteiger partial charge in [0.15, 0.2) is 0 Å². The van der Waals surface area contributed by atoms with E-state index < -0.39 is 6.43 Å². The Morgan fingerprint density at radius 3 is 2.57 bits per heavy atom. The van der Waals surface area contributed by atoms with Gasteiger partial charge in [0.1, 0.15) is 5.75 Å². The molecule has 1 aromatic carbocycles. The van der Waals surface area contributed by atoms with Crippen molar-refractivity contribution in [2.45, 2.75) is 46.1 Å². The molecule has 0 spiro atoms. The van der Waals surface area contributed by atoms with Crippen LogP contribution in [-0.2, 0) is 17.6 Å². The molecule has 4 rings (SSSR count). The average Bonchev–Trinajstić information content (AvgIpc) is 2.93. The fraction of sp³-hybridized carbons (Fsp3) is 0.391. The molecule has 1 aliphatic rings. The minimum Gasteiger partial charge on any atom is -0.496 e. The van der Waals surface area contributed by atoms with Gasteiger partial charge in [0.2, 0.25) is 0 Å². The van der Waals surface area contributed by atoms with Crippen LogP contribution in [0.25, 0.3) is 16.9 Å². The predicted octanol–water partition coefficient (Wildman–Crippen LogP) is 5.00. The van der Waals surface area contributed by atoms with Gasteiger partial charge in [0.05, 0.1) is 42.5 Å². The number of aryl methyl sites for hydroxylation is 2. The molecular weight excluding hydrogens is 388 g/mol. The normalized spacial score (nSPS) is 16.4. The number of halogens is 2. The first kappa shape index (κ1) is 20.5. The van der Waals surface area contributed by atoms with Crippen LogP contribution in [0.3, 0.4) is 0 Å². The third kappa shape index (κ3) is 3.81. The molecule has 0 saturated carbocycles. The first-order valence-corrected chi connectivity index (χ1v) is 10.0. The maximum absolute atomic E-state index is 13.3. The maximum atomic E-state index is 13.3. The second-order valence-corrected chi connectivity index (χ2v) is 7.69. The van der Waals surface area contributed by atoms with E-state index in [0.29, 0.717) is 18.7 Å². The second kappa shape index (κ2) is 8.14. The van der Waals surface area contributed by atoms with Crippen LogP contribution in [0.4, 0.5) is 8.78 Å². The molecule has 1 aliphatic heterocycles. The summed E-state index contributed by atoms with van der Waals surface area (Å²) in [6.45, 7) is 6.58. The topological polar surface area (TPSA) is 49.2 Å². The molecule has 1 atom stereocenters. The first-order chi connectivity index (χ1) is 14.4. The number of alkyl halides is 2. The molecule has 0 aliphatic carbocycles. The zero-order chi connectivity index (χ0) is 21.4. The summed E-state index contributed by atoms with van der Waals surface area (Å²) in [7, 11) is 1.40. The summed E-state index contributed by atoms with van der Waals surface area (Å²) in [4.78, 5) is 4.47. The van der Waals surface area contributed by atoms with Gasteiger partial charge in [0, 0.05) is 35.0 Å². The number of hydrogen-bond donors (Lipinski definition) is 0. The van der Waals surface area contributed by atoms with Gasteiger partial charge in [-0.05, 0) is 51.5 Å². The lowest BCUT2D eigenvalue weighted by Crippen LogP contribution is -2.13. The summed E-state index contributed by atoms with van der Waals surface area (Å²) in [5, 5.41) is 4.93. The zero-order valence-corrected chi connectivity index (χ0v) is 17.6. The van der Waals surface area contributed by atoms with Crippen LogP contribution in [-0.4, -0.2) is 34.6 Å². The largest absolute Gasteiger partial charge is 0.496 e. The quantitative estimate of drug-likeness (QED) is 0.604. The summed E-state index contributed by atoms with van der Waals surface area (Å²) in [5.74, 6) is 0.154. The van der Waals surface area contributed by atoms with E-state index in [4.69, 9.17) is 14.6 Å². The summed E-state index contributed by atoms with van der Waals surface area (Å²) >= 11 is 0. The first-order valence-electron chi connectivity index (χ1n) is 10.0. The lowest BCUT2D eigenvalue weighted by Gasteiger charge is -2.14. The molecule has 0 N–H and O–H groups in total. The Hall–Kier alpha value is -2.80. The summed E-state index contributed by atoms with van der Waals surface area (Å²) < 4.78 is 39.6. The van der Waals surface area contributed by atoms with Gasteiger partial charge >= 0.3 is 0 Å². The van der Waals surface area contributed by atoms with Gasteiger partial charge < -0.3 is 9.47 Å². The van der Waals surface area contributed by atoms with E-state index in [1.54, 1.807) is 12.1 Å². The van der Waals surface area contributed by atoms with Crippen LogP contribution < -0.4 is 4.74 Å². The molecular formula is C23H25F2N3O2. The third-order valence-electron chi connectivity index (χ3n) is 5.38. The van der Waals surface area contributed by atoms with Crippen LogP contribution in [0.2, 0.25) is 0 Å². The maximum Gasteiger partial charge on any atom is 0.267 e. The van der Waals surface area contributed by atoms with Gasteiger partial charge in [-0.15, -0.1) is 0 Å². The summed E-state index contributed by atoms with van der Waals surface area (Å²) in [6, 6.07) is 8.74. The number of benzene rings is 1. The summed E-state index contributed by atoms with van der Waals surface area (Å²) in [6.07, 6.45) is -1.14. The molecule has 0 amide bonds. The van der Waals surface area contributed by atoms with Gasteiger partial charge in [-0.3, -0.25) is 4.98 Å². The molecule has 7 heteroatoms. The average molecular weight is 413 g/mol. The Bertz CT molecular complexity index is 1060. The van der Waals surface area contributed by atoms with E-state index in [1.165, 1.54) is 13.2 Å². The van der Waals surface area contributed by atoms with Gasteiger partial charge in [-0.2, -0.15) is 5.10 Å². The van der Waals surface area contributed by atoms with Crippen molar-refractivity contribution in [3.05, 3.63) is 58.5 Å². The molecule has 3 aromatic rings. The van der Waals surface area contributed by atoms with Crippen LogP contribution in [0.15, 0.2) is 30.3 Å². The van der Waals surface area contributed by atoms with Gasteiger partial charge in [-0.25, -0.2) is 13.5 Å². The standard InChI is InChI=1S/C23H25F2N3O2/c1-13-9-16(10-14(2)26-13)22-18-7-8-30-15(3)11-20(18)28(27-22)17-5-6-19(23(24)25)21(12-17)29-4/h5-6,9-10,12,15,23H,7-8,11H2,1-4H3/t15-/m1/s1. The van der Waals surface area contributed by atoms with Crippen LogP contribution in [0.5, 0.6) is 5.75 Å². The highest BCUT2D eigenvalue weighted by Crippen LogP contribution is 2.35. The third-order valence-corrected chi connectivity index (χ3v) is 5.38. The van der Waals surface area contributed by atoms with E-state index in [9.17, 15) is 8.78 Å². The van der Waals surface area contributed by atoms with Crippen molar-refractivity contribution in [3.63, 3.8) is 0 Å². The number of aromatic nitrogens is 3. The highest BCUT2D eigenvalue weighted by atomic mass is 19.3. The molecule has 0 radical (unpaired) electrons.